The third kappa shape index (κ3) is 3.22. The van der Waals surface area contributed by atoms with Crippen LogP contribution in [0, 0.1) is 0 Å². The molecule has 2 atom stereocenters. The molecule has 2 aromatic carbocycles. The van der Waals surface area contributed by atoms with Gasteiger partial charge >= 0.3 is 0 Å². The topological polar surface area (TPSA) is 50.4 Å². The van der Waals surface area contributed by atoms with Crippen LogP contribution in [0.5, 0.6) is 5.75 Å². The zero-order chi connectivity index (χ0) is 15.4. The number of benzene rings is 2. The van der Waals surface area contributed by atoms with Gasteiger partial charge in [0.15, 0.2) is 0 Å². The quantitative estimate of drug-likeness (QED) is 0.892. The number of carbonyl (C=O) groups excluding carboxylic acids is 1. The summed E-state index contributed by atoms with van der Waals surface area (Å²) in [4.78, 5) is 12.3. The first kappa shape index (κ1) is 14.4. The molecule has 1 aliphatic heterocycles. The minimum atomic E-state index is -0.208. The lowest BCUT2D eigenvalue weighted by Gasteiger charge is -2.17. The van der Waals surface area contributed by atoms with E-state index in [4.69, 9.17) is 4.74 Å². The van der Waals surface area contributed by atoms with Crippen LogP contribution in [-0.4, -0.2) is 25.1 Å². The van der Waals surface area contributed by atoms with Crippen LogP contribution in [0.3, 0.4) is 0 Å². The summed E-state index contributed by atoms with van der Waals surface area (Å²) in [5.74, 6) is 0.630. The van der Waals surface area contributed by atoms with E-state index < -0.39 is 0 Å². The van der Waals surface area contributed by atoms with E-state index in [2.05, 4.69) is 10.6 Å². The minimum Gasteiger partial charge on any atom is -0.492 e. The number of fused-ring (bicyclic) bond motifs is 1. The molecule has 2 aromatic rings. The fourth-order valence-electron chi connectivity index (χ4n) is 2.63. The first-order chi connectivity index (χ1) is 10.7. The van der Waals surface area contributed by atoms with Gasteiger partial charge in [0, 0.05) is 23.8 Å². The van der Waals surface area contributed by atoms with Crippen molar-refractivity contribution in [2.75, 3.05) is 18.5 Å². The van der Waals surface area contributed by atoms with E-state index in [1.54, 1.807) is 0 Å². The Balaban J connectivity index is 1.53. The van der Waals surface area contributed by atoms with Crippen LogP contribution in [0.2, 0.25) is 0 Å². The molecule has 0 saturated heterocycles. The average Bonchev–Trinajstić information content (AvgIpc) is 2.98. The van der Waals surface area contributed by atoms with E-state index in [-0.39, 0.29) is 17.9 Å². The Bertz CT molecular complexity index is 643. The van der Waals surface area contributed by atoms with Gasteiger partial charge in [-0.3, -0.25) is 4.79 Å². The van der Waals surface area contributed by atoms with Crippen molar-refractivity contribution in [3.8, 4) is 5.75 Å². The van der Waals surface area contributed by atoms with Crippen LogP contribution in [0.4, 0.5) is 5.69 Å². The molecule has 114 valence electrons. The summed E-state index contributed by atoms with van der Waals surface area (Å²) in [6.07, 6.45) is 0. The fraction of sp³-hybridized carbons (Fsp3) is 0.278. The molecule has 0 aliphatic carbocycles. The molecule has 1 aliphatic rings. The predicted octanol–water partition coefficient (Wildman–Crippen LogP) is 2.78. The standard InChI is InChI=1S/C18H20N2O2/c1-13(20-14-7-3-2-4-8-14)11-19-18(21)16-12-22-17-10-6-5-9-15(16)17/h2-10,13,16,20H,11-12H2,1H3,(H,19,21)/t13-,16-/m1/s1. The first-order valence-corrected chi connectivity index (χ1v) is 7.55. The smallest absolute Gasteiger partial charge is 0.231 e. The largest absolute Gasteiger partial charge is 0.492 e. The summed E-state index contributed by atoms with van der Waals surface area (Å²) in [5, 5.41) is 6.37. The van der Waals surface area contributed by atoms with Crippen molar-refractivity contribution in [2.45, 2.75) is 18.9 Å². The van der Waals surface area contributed by atoms with E-state index in [0.717, 1.165) is 17.0 Å². The summed E-state index contributed by atoms with van der Waals surface area (Å²) in [5.41, 5.74) is 2.03. The summed E-state index contributed by atoms with van der Waals surface area (Å²) in [7, 11) is 0. The Morgan fingerprint density at radius 2 is 1.91 bits per heavy atom. The molecular weight excluding hydrogens is 276 g/mol. The Morgan fingerprint density at radius 3 is 2.73 bits per heavy atom. The number of para-hydroxylation sites is 2. The maximum absolute atomic E-state index is 12.3. The number of ether oxygens (including phenoxy) is 1. The number of hydrogen-bond donors (Lipinski definition) is 2. The van der Waals surface area contributed by atoms with E-state index in [9.17, 15) is 4.79 Å². The molecule has 0 fully saturated rings. The van der Waals surface area contributed by atoms with E-state index >= 15 is 0 Å². The molecule has 0 aromatic heterocycles. The van der Waals surface area contributed by atoms with Crippen molar-refractivity contribution in [1.82, 2.24) is 5.32 Å². The van der Waals surface area contributed by atoms with Gasteiger partial charge in [0.05, 0.1) is 0 Å². The van der Waals surface area contributed by atoms with E-state index in [1.165, 1.54) is 0 Å². The molecule has 0 bridgehead atoms. The molecule has 2 N–H and O–H groups in total. The lowest BCUT2D eigenvalue weighted by atomic mass is 10.0. The van der Waals surface area contributed by atoms with Gasteiger partial charge in [-0.1, -0.05) is 36.4 Å². The van der Waals surface area contributed by atoms with Crippen molar-refractivity contribution in [2.24, 2.45) is 0 Å². The zero-order valence-corrected chi connectivity index (χ0v) is 12.6. The van der Waals surface area contributed by atoms with Crippen molar-refractivity contribution in [3.05, 3.63) is 60.2 Å². The number of hydrogen-bond acceptors (Lipinski definition) is 3. The summed E-state index contributed by atoms with van der Waals surface area (Å²) in [6.45, 7) is 3.05. The molecular formula is C18H20N2O2. The molecule has 1 amide bonds. The summed E-state index contributed by atoms with van der Waals surface area (Å²) in [6, 6.07) is 17.9. The highest BCUT2D eigenvalue weighted by atomic mass is 16.5. The Kier molecular flexibility index (Phi) is 4.28. The van der Waals surface area contributed by atoms with Crippen LogP contribution >= 0.6 is 0 Å². The average molecular weight is 296 g/mol. The highest BCUT2D eigenvalue weighted by Crippen LogP contribution is 2.33. The Morgan fingerprint density at radius 1 is 1.18 bits per heavy atom. The van der Waals surface area contributed by atoms with E-state index in [0.29, 0.717) is 13.2 Å². The number of rotatable bonds is 5. The second-order valence-electron chi connectivity index (χ2n) is 5.56. The number of amides is 1. The minimum absolute atomic E-state index is 0.0201. The van der Waals surface area contributed by atoms with Gasteiger partial charge in [-0.15, -0.1) is 0 Å². The molecule has 0 spiro atoms. The third-order valence-electron chi connectivity index (χ3n) is 3.79. The Hall–Kier alpha value is -2.49. The van der Waals surface area contributed by atoms with Crippen LogP contribution in [0.15, 0.2) is 54.6 Å². The predicted molar refractivity (Wildman–Crippen MR) is 87.2 cm³/mol. The highest BCUT2D eigenvalue weighted by Gasteiger charge is 2.29. The number of anilines is 1. The summed E-state index contributed by atoms with van der Waals surface area (Å²) < 4.78 is 5.56. The fourth-order valence-corrected chi connectivity index (χ4v) is 2.63. The molecule has 4 heteroatoms. The lowest BCUT2D eigenvalue weighted by molar-refractivity contribution is -0.122. The lowest BCUT2D eigenvalue weighted by Crippen LogP contribution is -2.37. The monoisotopic (exact) mass is 296 g/mol. The van der Waals surface area contributed by atoms with Gasteiger partial charge in [0.1, 0.15) is 18.3 Å². The van der Waals surface area contributed by atoms with Gasteiger partial charge < -0.3 is 15.4 Å². The van der Waals surface area contributed by atoms with Gasteiger partial charge in [-0.2, -0.15) is 0 Å². The van der Waals surface area contributed by atoms with Crippen LogP contribution in [0.1, 0.15) is 18.4 Å². The van der Waals surface area contributed by atoms with Crippen molar-refractivity contribution in [3.63, 3.8) is 0 Å². The maximum Gasteiger partial charge on any atom is 0.231 e. The Labute approximate surface area is 130 Å². The number of carbonyl (C=O) groups is 1. The molecule has 22 heavy (non-hydrogen) atoms. The third-order valence-corrected chi connectivity index (χ3v) is 3.79. The second-order valence-corrected chi connectivity index (χ2v) is 5.56. The van der Waals surface area contributed by atoms with Gasteiger partial charge in [0.25, 0.3) is 0 Å². The molecule has 0 saturated carbocycles. The van der Waals surface area contributed by atoms with Gasteiger partial charge in [0.2, 0.25) is 5.91 Å². The van der Waals surface area contributed by atoms with Gasteiger partial charge in [-0.25, -0.2) is 0 Å². The van der Waals surface area contributed by atoms with Crippen molar-refractivity contribution in [1.29, 1.82) is 0 Å². The van der Waals surface area contributed by atoms with Gasteiger partial charge in [-0.05, 0) is 25.1 Å². The molecule has 4 nitrogen and oxygen atoms in total. The molecule has 0 unspecified atom stereocenters. The van der Waals surface area contributed by atoms with E-state index in [1.807, 2.05) is 61.5 Å². The first-order valence-electron chi connectivity index (χ1n) is 7.55. The van der Waals surface area contributed by atoms with Crippen LogP contribution < -0.4 is 15.4 Å². The maximum atomic E-state index is 12.3. The number of nitrogens with one attached hydrogen (secondary N) is 2. The van der Waals surface area contributed by atoms with Crippen LogP contribution in [0.25, 0.3) is 0 Å². The normalized spacial score (nSPS) is 17.2. The molecule has 0 radical (unpaired) electrons. The molecule has 3 rings (SSSR count). The summed E-state index contributed by atoms with van der Waals surface area (Å²) >= 11 is 0. The molecule has 1 heterocycles. The van der Waals surface area contributed by atoms with Crippen molar-refractivity contribution >= 4 is 11.6 Å². The highest BCUT2D eigenvalue weighted by molar-refractivity contribution is 5.85. The zero-order valence-electron chi connectivity index (χ0n) is 12.6. The van der Waals surface area contributed by atoms with Crippen molar-refractivity contribution < 1.29 is 9.53 Å². The second kappa shape index (κ2) is 6.52. The SMILES string of the molecule is C[C@H](CNC(=O)[C@@H]1COc2ccccc21)Nc1ccccc1. The van der Waals surface area contributed by atoms with Crippen LogP contribution in [-0.2, 0) is 4.79 Å².